The molecule has 1 aliphatic heterocycles. The molecule has 1 amide bonds. The van der Waals surface area contributed by atoms with Crippen LogP contribution in [0.3, 0.4) is 0 Å². The molecule has 5 rings (SSSR count). The zero-order chi connectivity index (χ0) is 27.6. The van der Waals surface area contributed by atoms with Gasteiger partial charge in [0.1, 0.15) is 5.69 Å². The van der Waals surface area contributed by atoms with Crippen molar-refractivity contribution in [3.63, 3.8) is 0 Å². The number of amides is 1. The molecule has 5 nitrogen and oxygen atoms in total. The van der Waals surface area contributed by atoms with Crippen LogP contribution in [0.25, 0.3) is 10.9 Å². The van der Waals surface area contributed by atoms with E-state index < -0.39 is 40.6 Å². The van der Waals surface area contributed by atoms with Crippen LogP contribution in [0.2, 0.25) is 0 Å². The summed E-state index contributed by atoms with van der Waals surface area (Å²) in [4.78, 5) is 21.0. The highest BCUT2D eigenvalue weighted by Gasteiger charge is 2.49. The molecule has 2 heterocycles. The minimum atomic E-state index is -4.96. The fraction of sp³-hybridized carbons (Fsp3) is 0.407. The SMILES string of the molecule is Cc1ccc(N2CC(N(C)C)C2)cc1C(=O)NC1(c2cc(C(F)(F)F)nc3c(C(F)(F)F)cccc23)CC1. The van der Waals surface area contributed by atoms with E-state index in [0.717, 1.165) is 30.9 Å². The molecule has 38 heavy (non-hydrogen) atoms. The molecule has 1 aliphatic carbocycles. The van der Waals surface area contributed by atoms with Gasteiger partial charge >= 0.3 is 12.4 Å². The summed E-state index contributed by atoms with van der Waals surface area (Å²) in [5, 5.41) is 2.79. The normalized spacial score (nSPS) is 17.6. The molecule has 1 aromatic heterocycles. The summed E-state index contributed by atoms with van der Waals surface area (Å²) in [7, 11) is 3.99. The van der Waals surface area contributed by atoms with Gasteiger partial charge in [0.15, 0.2) is 0 Å². The van der Waals surface area contributed by atoms with Gasteiger partial charge in [-0.05, 0) is 69.3 Å². The maximum absolute atomic E-state index is 13.7. The lowest BCUT2D eigenvalue weighted by Crippen LogP contribution is -2.57. The number of pyridine rings is 1. The van der Waals surface area contributed by atoms with Gasteiger partial charge in [0.2, 0.25) is 0 Å². The van der Waals surface area contributed by atoms with Gasteiger partial charge in [0.05, 0.1) is 16.6 Å². The van der Waals surface area contributed by atoms with Crippen molar-refractivity contribution in [2.75, 3.05) is 32.1 Å². The van der Waals surface area contributed by atoms with Crippen LogP contribution in [0.1, 0.15) is 45.6 Å². The first-order valence-electron chi connectivity index (χ1n) is 12.1. The Hall–Kier alpha value is -3.34. The summed E-state index contributed by atoms with van der Waals surface area (Å²) < 4.78 is 82.2. The van der Waals surface area contributed by atoms with Crippen LogP contribution in [0, 0.1) is 6.92 Å². The van der Waals surface area contributed by atoms with Crippen LogP contribution < -0.4 is 10.2 Å². The number of halogens is 6. The van der Waals surface area contributed by atoms with E-state index in [1.165, 1.54) is 6.07 Å². The molecule has 0 atom stereocenters. The van der Waals surface area contributed by atoms with E-state index in [1.54, 1.807) is 13.0 Å². The zero-order valence-electron chi connectivity index (χ0n) is 21.0. The van der Waals surface area contributed by atoms with E-state index in [0.29, 0.717) is 36.1 Å². The third-order valence-corrected chi connectivity index (χ3v) is 7.48. The summed E-state index contributed by atoms with van der Waals surface area (Å²) in [6.45, 7) is 3.35. The number of nitrogens with one attached hydrogen (secondary N) is 1. The summed E-state index contributed by atoms with van der Waals surface area (Å²) in [5.41, 5.74) is -2.79. The second-order valence-corrected chi connectivity index (χ2v) is 10.3. The third-order valence-electron chi connectivity index (χ3n) is 7.48. The largest absolute Gasteiger partial charge is 0.433 e. The van der Waals surface area contributed by atoms with Crippen LogP contribution in [0.15, 0.2) is 42.5 Å². The van der Waals surface area contributed by atoms with Crippen LogP contribution in [0.5, 0.6) is 0 Å². The van der Waals surface area contributed by atoms with Gasteiger partial charge in [-0.1, -0.05) is 18.2 Å². The number of carbonyl (C=O) groups excluding carboxylic acids is 1. The van der Waals surface area contributed by atoms with E-state index in [2.05, 4.69) is 20.1 Å². The number of aryl methyl sites for hydroxylation is 1. The number of hydrogen-bond acceptors (Lipinski definition) is 4. The van der Waals surface area contributed by atoms with E-state index >= 15 is 0 Å². The number of nitrogens with zero attached hydrogens (tertiary/aromatic N) is 3. The summed E-state index contributed by atoms with van der Waals surface area (Å²) in [6.07, 6.45) is -9.27. The molecular weight excluding hydrogens is 510 g/mol. The van der Waals surface area contributed by atoms with Gasteiger partial charge in [0.25, 0.3) is 5.91 Å². The maximum Gasteiger partial charge on any atom is 0.433 e. The van der Waals surface area contributed by atoms with Crippen LogP contribution >= 0.6 is 0 Å². The average molecular weight is 537 g/mol. The molecule has 2 aromatic carbocycles. The second kappa shape index (κ2) is 8.86. The molecule has 1 saturated heterocycles. The Morgan fingerprint density at radius 3 is 2.29 bits per heavy atom. The van der Waals surface area contributed by atoms with Gasteiger partial charge < -0.3 is 15.1 Å². The standard InChI is InChI=1S/C27H26F6N4O/c1-15-7-8-16(37-13-17(14-37)36(2)3)11-19(15)24(38)35-25(9-10-25)21-12-22(27(31,32)33)34-23-18(21)5-4-6-20(23)26(28,29)30/h4-8,11-12,17H,9-10,13-14H2,1-3H3,(H,35,38). The Labute approximate surface area is 215 Å². The van der Waals surface area contributed by atoms with Gasteiger partial charge in [-0.2, -0.15) is 26.3 Å². The molecule has 11 heteroatoms. The molecule has 0 radical (unpaired) electrons. The number of anilines is 1. The van der Waals surface area contributed by atoms with Crippen LogP contribution in [-0.2, 0) is 17.9 Å². The van der Waals surface area contributed by atoms with E-state index in [9.17, 15) is 31.1 Å². The van der Waals surface area contributed by atoms with Crippen molar-refractivity contribution in [2.45, 2.75) is 43.7 Å². The number of carbonyl (C=O) groups is 1. The fourth-order valence-electron chi connectivity index (χ4n) is 4.93. The molecule has 2 aliphatic rings. The van der Waals surface area contributed by atoms with Crippen molar-refractivity contribution in [1.29, 1.82) is 0 Å². The molecule has 0 spiro atoms. The van der Waals surface area contributed by atoms with Crippen molar-refractivity contribution >= 4 is 22.5 Å². The molecule has 3 aromatic rings. The first kappa shape index (κ1) is 26.3. The first-order valence-corrected chi connectivity index (χ1v) is 12.1. The summed E-state index contributed by atoms with van der Waals surface area (Å²) in [6, 6.07) is 9.80. The highest BCUT2D eigenvalue weighted by Crippen LogP contribution is 2.50. The van der Waals surface area contributed by atoms with Gasteiger partial charge in [-0.15, -0.1) is 0 Å². The predicted molar refractivity (Wildman–Crippen MR) is 131 cm³/mol. The second-order valence-electron chi connectivity index (χ2n) is 10.3. The lowest BCUT2D eigenvalue weighted by Gasteiger charge is -2.44. The van der Waals surface area contributed by atoms with Crippen LogP contribution in [-0.4, -0.2) is 49.0 Å². The topological polar surface area (TPSA) is 48.5 Å². The monoisotopic (exact) mass is 536 g/mol. The minimum absolute atomic E-state index is 0.0142. The van der Waals surface area contributed by atoms with Crippen molar-refractivity contribution in [3.8, 4) is 0 Å². The molecular formula is C27H26F6N4O. The van der Waals surface area contributed by atoms with E-state index in [-0.39, 0.29) is 10.9 Å². The molecule has 1 saturated carbocycles. The highest BCUT2D eigenvalue weighted by atomic mass is 19.4. The lowest BCUT2D eigenvalue weighted by atomic mass is 9.95. The van der Waals surface area contributed by atoms with Crippen LogP contribution in [0.4, 0.5) is 32.0 Å². The minimum Gasteiger partial charge on any atom is -0.368 e. The average Bonchev–Trinajstić information content (AvgIpc) is 3.56. The van der Waals surface area contributed by atoms with Gasteiger partial charge in [-0.3, -0.25) is 4.79 Å². The number of hydrogen-bond donors (Lipinski definition) is 1. The first-order chi connectivity index (χ1) is 17.7. The summed E-state index contributed by atoms with van der Waals surface area (Å²) >= 11 is 0. The number of alkyl halides is 6. The smallest absolute Gasteiger partial charge is 0.368 e. The predicted octanol–water partition coefficient (Wildman–Crippen LogP) is 5.75. The molecule has 0 bridgehead atoms. The Morgan fingerprint density at radius 1 is 1.03 bits per heavy atom. The van der Waals surface area contributed by atoms with Gasteiger partial charge in [0, 0.05) is 35.8 Å². The molecule has 1 N–H and O–H groups in total. The number of likely N-dealkylation sites (N-methyl/N-ethyl adjacent to an activating group) is 1. The Morgan fingerprint density at radius 2 is 1.71 bits per heavy atom. The van der Waals surface area contributed by atoms with Crippen molar-refractivity contribution in [3.05, 3.63) is 70.4 Å². The molecule has 2 fully saturated rings. The highest BCUT2D eigenvalue weighted by molar-refractivity contribution is 5.98. The fourth-order valence-corrected chi connectivity index (χ4v) is 4.93. The number of aromatic nitrogens is 1. The Kier molecular flexibility index (Phi) is 6.13. The lowest BCUT2D eigenvalue weighted by molar-refractivity contribution is -0.142. The Balaban J connectivity index is 1.52. The zero-order valence-corrected chi connectivity index (χ0v) is 21.0. The number of rotatable bonds is 5. The van der Waals surface area contributed by atoms with Crippen molar-refractivity contribution < 1.29 is 31.1 Å². The Bertz CT molecular complexity index is 1410. The van der Waals surface area contributed by atoms with Crippen molar-refractivity contribution in [1.82, 2.24) is 15.2 Å². The molecule has 202 valence electrons. The van der Waals surface area contributed by atoms with Crippen molar-refractivity contribution in [2.24, 2.45) is 0 Å². The molecule has 0 unspecified atom stereocenters. The third kappa shape index (κ3) is 4.68. The number of fused-ring (bicyclic) bond motifs is 1. The van der Waals surface area contributed by atoms with Gasteiger partial charge in [-0.25, -0.2) is 4.98 Å². The maximum atomic E-state index is 13.7. The summed E-state index contributed by atoms with van der Waals surface area (Å²) in [5.74, 6) is -0.489. The van der Waals surface area contributed by atoms with E-state index in [4.69, 9.17) is 0 Å². The number of benzene rings is 2. The number of para-hydroxylation sites is 1. The van der Waals surface area contributed by atoms with E-state index in [1.807, 2.05) is 26.2 Å². The quantitative estimate of drug-likeness (QED) is 0.422.